The van der Waals surface area contributed by atoms with Gasteiger partial charge in [-0.25, -0.2) is 18.1 Å². The van der Waals surface area contributed by atoms with Crippen molar-refractivity contribution >= 4 is 26.8 Å². The van der Waals surface area contributed by atoms with Gasteiger partial charge in [0.05, 0.1) is 28.6 Å². The molecule has 170 valence electrons. The molecule has 1 aliphatic rings. The zero-order valence-electron chi connectivity index (χ0n) is 18.3. The van der Waals surface area contributed by atoms with Crippen molar-refractivity contribution in [2.75, 3.05) is 31.3 Å². The lowest BCUT2D eigenvalue weighted by atomic mass is 10.1. The molecule has 0 spiro atoms. The van der Waals surface area contributed by atoms with Crippen LogP contribution < -0.4 is 14.8 Å². The third-order valence-electron chi connectivity index (χ3n) is 5.28. The maximum atomic E-state index is 13.0. The van der Waals surface area contributed by atoms with Crippen molar-refractivity contribution in [2.45, 2.75) is 26.8 Å². The van der Waals surface area contributed by atoms with E-state index in [1.807, 2.05) is 32.0 Å². The van der Waals surface area contributed by atoms with E-state index in [1.54, 1.807) is 23.9 Å². The number of pyridine rings is 1. The number of hydrogen-bond acceptors (Lipinski definition) is 7. The van der Waals surface area contributed by atoms with Crippen molar-refractivity contribution in [3.63, 3.8) is 0 Å². The van der Waals surface area contributed by atoms with Crippen LogP contribution in [-0.2, 0) is 9.84 Å². The number of amides is 1. The summed E-state index contributed by atoms with van der Waals surface area (Å²) in [5.41, 5.74) is 2.33. The van der Waals surface area contributed by atoms with Crippen molar-refractivity contribution in [3.8, 4) is 22.8 Å². The summed E-state index contributed by atoms with van der Waals surface area (Å²) in [5, 5.41) is 7.74. The summed E-state index contributed by atoms with van der Waals surface area (Å²) in [6.45, 7) is 6.57. The molecule has 0 saturated heterocycles. The quantitative estimate of drug-likeness (QED) is 0.579. The molecule has 3 heterocycles. The van der Waals surface area contributed by atoms with Crippen LogP contribution >= 0.6 is 0 Å². The first-order chi connectivity index (χ1) is 15.3. The first-order valence-electron chi connectivity index (χ1n) is 10.6. The minimum Gasteiger partial charge on any atom is -0.486 e. The summed E-state index contributed by atoms with van der Waals surface area (Å²) < 4.78 is 36.6. The van der Waals surface area contributed by atoms with E-state index >= 15 is 0 Å². The summed E-state index contributed by atoms with van der Waals surface area (Å²) in [6.07, 6.45) is 1.62. The molecule has 4 rings (SSSR count). The van der Waals surface area contributed by atoms with Crippen LogP contribution in [0.15, 0.2) is 30.5 Å². The van der Waals surface area contributed by atoms with Crippen molar-refractivity contribution in [2.24, 2.45) is 0 Å². The third kappa shape index (κ3) is 4.40. The molecular formula is C22H26N4O5S. The number of aromatic nitrogens is 3. The summed E-state index contributed by atoms with van der Waals surface area (Å²) in [7, 11) is -3.18. The van der Waals surface area contributed by atoms with Gasteiger partial charge in [0.2, 0.25) is 0 Å². The number of carbonyl (C=O) groups is 1. The van der Waals surface area contributed by atoms with E-state index in [0.29, 0.717) is 47.0 Å². The van der Waals surface area contributed by atoms with Crippen LogP contribution in [-0.4, -0.2) is 60.4 Å². The molecule has 0 aliphatic carbocycles. The average Bonchev–Trinajstić information content (AvgIpc) is 3.22. The normalized spacial score (nSPS) is 13.5. The Balaban J connectivity index is 1.74. The van der Waals surface area contributed by atoms with Crippen LogP contribution in [0.4, 0.5) is 0 Å². The van der Waals surface area contributed by atoms with Gasteiger partial charge in [-0.3, -0.25) is 4.79 Å². The van der Waals surface area contributed by atoms with Crippen molar-refractivity contribution < 1.29 is 22.7 Å². The highest BCUT2D eigenvalue weighted by Gasteiger charge is 2.20. The monoisotopic (exact) mass is 458 g/mol. The number of carbonyl (C=O) groups excluding carboxylic acids is 1. The van der Waals surface area contributed by atoms with E-state index in [1.165, 1.54) is 0 Å². The van der Waals surface area contributed by atoms with Crippen LogP contribution in [0.3, 0.4) is 0 Å². The van der Waals surface area contributed by atoms with E-state index in [9.17, 15) is 13.2 Å². The summed E-state index contributed by atoms with van der Waals surface area (Å²) in [6, 6.07) is 7.27. The number of sulfone groups is 1. The standard InChI is InChI=1S/C22H26N4O5S/c1-4-32(28,29)10-7-23-22(27)16-12-18(25-21-17(16)13-24-26(21)14(2)3)15-5-6-19-20(11-15)31-9-8-30-19/h5-6,11-14H,4,7-10H2,1-3H3,(H,23,27). The molecule has 1 amide bonds. The number of hydrogen-bond donors (Lipinski definition) is 1. The van der Waals surface area contributed by atoms with Crippen LogP contribution in [0.25, 0.3) is 22.3 Å². The molecular weight excluding hydrogens is 432 g/mol. The minimum atomic E-state index is -3.18. The van der Waals surface area contributed by atoms with Gasteiger partial charge in [-0.05, 0) is 38.1 Å². The fourth-order valence-electron chi connectivity index (χ4n) is 3.49. The molecule has 0 saturated carbocycles. The highest BCUT2D eigenvalue weighted by atomic mass is 32.2. The van der Waals surface area contributed by atoms with Gasteiger partial charge in [0.25, 0.3) is 5.91 Å². The first kappa shape index (κ1) is 22.1. The minimum absolute atomic E-state index is 0.0382. The zero-order valence-corrected chi connectivity index (χ0v) is 19.1. The Bertz CT molecular complexity index is 1270. The Morgan fingerprint density at radius 3 is 2.66 bits per heavy atom. The Morgan fingerprint density at radius 2 is 1.94 bits per heavy atom. The Morgan fingerprint density at radius 1 is 1.19 bits per heavy atom. The number of rotatable bonds is 7. The lowest BCUT2D eigenvalue weighted by molar-refractivity contribution is 0.0957. The van der Waals surface area contributed by atoms with Gasteiger partial charge in [-0.2, -0.15) is 5.10 Å². The second-order valence-electron chi connectivity index (χ2n) is 7.83. The lowest BCUT2D eigenvalue weighted by Gasteiger charge is -2.19. The maximum absolute atomic E-state index is 13.0. The van der Waals surface area contributed by atoms with Crippen molar-refractivity contribution in [1.82, 2.24) is 20.1 Å². The number of ether oxygens (including phenoxy) is 2. The Labute approximate surface area is 186 Å². The van der Waals surface area contributed by atoms with Crippen molar-refractivity contribution in [3.05, 3.63) is 36.0 Å². The lowest BCUT2D eigenvalue weighted by Crippen LogP contribution is -2.29. The summed E-state index contributed by atoms with van der Waals surface area (Å²) in [4.78, 5) is 17.8. The molecule has 1 aliphatic heterocycles. The largest absolute Gasteiger partial charge is 0.486 e. The van der Waals surface area contributed by atoms with Gasteiger partial charge in [0.1, 0.15) is 13.2 Å². The molecule has 0 atom stereocenters. The van der Waals surface area contributed by atoms with Crippen LogP contribution in [0, 0.1) is 0 Å². The molecule has 2 aromatic heterocycles. The fraction of sp³-hybridized carbons (Fsp3) is 0.409. The summed E-state index contributed by atoms with van der Waals surface area (Å²) >= 11 is 0. The molecule has 1 aromatic carbocycles. The predicted octanol–water partition coefficient (Wildman–Crippen LogP) is 2.61. The second kappa shape index (κ2) is 8.78. The molecule has 3 aromatic rings. The number of nitrogens with zero attached hydrogens (tertiary/aromatic N) is 3. The van der Waals surface area contributed by atoms with E-state index in [2.05, 4.69) is 10.4 Å². The average molecular weight is 459 g/mol. The van der Waals surface area contributed by atoms with Gasteiger partial charge in [-0.1, -0.05) is 6.92 Å². The highest BCUT2D eigenvalue weighted by molar-refractivity contribution is 7.91. The molecule has 0 unspecified atom stereocenters. The van der Waals surface area contributed by atoms with E-state index in [0.717, 1.165) is 5.56 Å². The van der Waals surface area contributed by atoms with Gasteiger partial charge in [0.15, 0.2) is 27.0 Å². The first-order valence-corrected chi connectivity index (χ1v) is 12.4. The van der Waals surface area contributed by atoms with Crippen LogP contribution in [0.5, 0.6) is 11.5 Å². The number of benzene rings is 1. The van der Waals surface area contributed by atoms with Crippen molar-refractivity contribution in [1.29, 1.82) is 0 Å². The van der Waals surface area contributed by atoms with Crippen LogP contribution in [0.1, 0.15) is 37.2 Å². The smallest absolute Gasteiger partial charge is 0.252 e. The van der Waals surface area contributed by atoms with E-state index in [4.69, 9.17) is 14.5 Å². The number of nitrogens with one attached hydrogen (secondary N) is 1. The second-order valence-corrected chi connectivity index (χ2v) is 10.3. The molecule has 9 nitrogen and oxygen atoms in total. The maximum Gasteiger partial charge on any atom is 0.252 e. The SMILES string of the molecule is CCS(=O)(=O)CCNC(=O)c1cc(-c2ccc3c(c2)OCCO3)nc2c1cnn2C(C)C. The van der Waals surface area contributed by atoms with E-state index < -0.39 is 9.84 Å². The van der Waals surface area contributed by atoms with Crippen LogP contribution in [0.2, 0.25) is 0 Å². The molecule has 32 heavy (non-hydrogen) atoms. The Kier molecular flexibility index (Phi) is 6.05. The molecule has 0 bridgehead atoms. The molecule has 0 radical (unpaired) electrons. The van der Waals surface area contributed by atoms with Gasteiger partial charge in [0, 0.05) is 23.9 Å². The third-order valence-corrected chi connectivity index (χ3v) is 6.98. The van der Waals surface area contributed by atoms with Gasteiger partial charge in [-0.15, -0.1) is 0 Å². The predicted molar refractivity (Wildman–Crippen MR) is 121 cm³/mol. The van der Waals surface area contributed by atoms with E-state index in [-0.39, 0.29) is 30.0 Å². The molecule has 10 heteroatoms. The zero-order chi connectivity index (χ0) is 22.9. The highest BCUT2D eigenvalue weighted by Crippen LogP contribution is 2.35. The summed E-state index contributed by atoms with van der Waals surface area (Å²) in [5.74, 6) is 0.861. The Hall–Kier alpha value is -3.14. The number of fused-ring (bicyclic) bond motifs is 2. The molecule has 0 fully saturated rings. The van der Waals surface area contributed by atoms with Gasteiger partial charge >= 0.3 is 0 Å². The molecule has 1 N–H and O–H groups in total. The topological polar surface area (TPSA) is 112 Å². The van der Waals surface area contributed by atoms with Gasteiger partial charge < -0.3 is 14.8 Å². The fourth-order valence-corrected chi connectivity index (χ4v) is 4.20.